The van der Waals surface area contributed by atoms with Gasteiger partial charge in [0.05, 0.1) is 18.0 Å². The third kappa shape index (κ3) is 4.60. The van der Waals surface area contributed by atoms with Crippen LogP contribution in [0.2, 0.25) is 0 Å². The van der Waals surface area contributed by atoms with Gasteiger partial charge in [-0.15, -0.1) is 11.3 Å². The molecular weight excluding hydrogens is 452 g/mol. The summed E-state index contributed by atoms with van der Waals surface area (Å²) in [6, 6.07) is 11.5. The molecule has 2 aromatic carbocycles. The van der Waals surface area contributed by atoms with Crippen LogP contribution in [0.5, 0.6) is 0 Å². The number of aromatic nitrogens is 1. The van der Waals surface area contributed by atoms with E-state index in [0.29, 0.717) is 22.0 Å². The highest BCUT2D eigenvalue weighted by atomic mass is 32.1. The fourth-order valence-corrected chi connectivity index (χ4v) is 4.99. The molecule has 176 valence electrons. The number of amides is 1. The van der Waals surface area contributed by atoms with Crippen molar-refractivity contribution in [2.45, 2.75) is 40.9 Å². The first-order valence-corrected chi connectivity index (χ1v) is 11.7. The molecule has 4 aromatic rings. The Kier molecular flexibility index (Phi) is 6.81. The fraction of sp³-hybridized carbons (Fsp3) is 0.269. The molecule has 0 saturated heterocycles. The lowest BCUT2D eigenvalue weighted by molar-refractivity contribution is -0.115. The summed E-state index contributed by atoms with van der Waals surface area (Å²) >= 11 is 1.32. The van der Waals surface area contributed by atoms with E-state index in [9.17, 15) is 9.59 Å². The standard InChI is InChI=1S/C26H26N2O5S/c1-15-10-16(2)23(17(3)11-15)28(18(4)29)26-27-19(14-34-26)12-32-25(30)24-21(13-31-5)20-8-6-7-9-22(20)33-24/h6-11,14H,12-13H2,1-5H3. The number of anilines is 2. The van der Waals surface area contributed by atoms with Crippen molar-refractivity contribution in [3.63, 3.8) is 0 Å². The number of carbonyl (C=O) groups excluding carboxylic acids is 2. The molecule has 2 aromatic heterocycles. The Balaban J connectivity index is 1.55. The molecule has 0 bridgehead atoms. The van der Waals surface area contributed by atoms with Crippen LogP contribution in [0.4, 0.5) is 10.8 Å². The molecule has 0 fully saturated rings. The average Bonchev–Trinajstić information content (AvgIpc) is 3.39. The zero-order valence-electron chi connectivity index (χ0n) is 19.8. The minimum atomic E-state index is -0.591. The molecule has 0 aliphatic rings. The van der Waals surface area contributed by atoms with E-state index >= 15 is 0 Å². The number of carbonyl (C=O) groups is 2. The Bertz CT molecular complexity index is 1350. The number of benzene rings is 2. The van der Waals surface area contributed by atoms with Gasteiger partial charge in [0.2, 0.25) is 11.7 Å². The quantitative estimate of drug-likeness (QED) is 0.303. The van der Waals surface area contributed by atoms with Gasteiger partial charge in [-0.3, -0.25) is 9.69 Å². The Morgan fingerprint density at radius 1 is 1.09 bits per heavy atom. The zero-order valence-corrected chi connectivity index (χ0v) is 20.6. The summed E-state index contributed by atoms with van der Waals surface area (Å²) in [4.78, 5) is 31.6. The molecule has 7 nitrogen and oxygen atoms in total. The van der Waals surface area contributed by atoms with E-state index in [1.54, 1.807) is 23.5 Å². The molecule has 2 heterocycles. The second kappa shape index (κ2) is 9.79. The third-order valence-electron chi connectivity index (χ3n) is 5.43. The van der Waals surface area contributed by atoms with Gasteiger partial charge in [0.15, 0.2) is 5.13 Å². The van der Waals surface area contributed by atoms with E-state index in [0.717, 1.165) is 27.8 Å². The molecule has 34 heavy (non-hydrogen) atoms. The first kappa shape index (κ1) is 23.7. The van der Waals surface area contributed by atoms with Gasteiger partial charge in [0.25, 0.3) is 0 Å². The number of furan rings is 1. The van der Waals surface area contributed by atoms with Crippen molar-refractivity contribution in [1.29, 1.82) is 0 Å². The summed E-state index contributed by atoms with van der Waals surface area (Å²) in [6.07, 6.45) is 0. The largest absolute Gasteiger partial charge is 0.453 e. The van der Waals surface area contributed by atoms with Crippen LogP contribution >= 0.6 is 11.3 Å². The summed E-state index contributed by atoms with van der Waals surface area (Å²) < 4.78 is 16.5. The predicted octanol–water partition coefficient (Wildman–Crippen LogP) is 6.00. The van der Waals surface area contributed by atoms with Crippen molar-refractivity contribution in [3.05, 3.63) is 75.5 Å². The Morgan fingerprint density at radius 2 is 1.79 bits per heavy atom. The maximum Gasteiger partial charge on any atom is 0.375 e. The Hall–Kier alpha value is -3.49. The lowest BCUT2D eigenvalue weighted by Crippen LogP contribution is -2.24. The number of hydrogen-bond donors (Lipinski definition) is 0. The van der Waals surface area contributed by atoms with Gasteiger partial charge >= 0.3 is 5.97 Å². The predicted molar refractivity (Wildman–Crippen MR) is 132 cm³/mol. The molecule has 0 saturated carbocycles. The molecule has 0 aliphatic carbocycles. The van der Waals surface area contributed by atoms with Crippen LogP contribution in [-0.4, -0.2) is 24.0 Å². The van der Waals surface area contributed by atoms with Crippen LogP contribution < -0.4 is 4.90 Å². The zero-order chi connectivity index (χ0) is 24.4. The maximum absolute atomic E-state index is 12.8. The molecule has 8 heteroatoms. The minimum Gasteiger partial charge on any atom is -0.453 e. The van der Waals surface area contributed by atoms with Gasteiger partial charge in [-0.05, 0) is 38.0 Å². The monoisotopic (exact) mass is 478 g/mol. The normalized spacial score (nSPS) is 11.1. The molecule has 0 spiro atoms. The van der Waals surface area contributed by atoms with Crippen LogP contribution in [0.3, 0.4) is 0 Å². The number of aryl methyl sites for hydroxylation is 3. The molecular formula is C26H26N2O5S. The Labute approximate surface area is 201 Å². The van der Waals surface area contributed by atoms with Gasteiger partial charge in [-0.25, -0.2) is 9.78 Å². The first-order valence-electron chi connectivity index (χ1n) is 10.8. The SMILES string of the molecule is COCc1c(C(=O)OCc2csc(N(C(C)=O)c3c(C)cc(C)cc3C)n2)oc2ccccc12. The van der Waals surface area contributed by atoms with E-state index < -0.39 is 5.97 Å². The van der Waals surface area contributed by atoms with Crippen molar-refractivity contribution in [3.8, 4) is 0 Å². The topological polar surface area (TPSA) is 81.9 Å². The van der Waals surface area contributed by atoms with Crippen LogP contribution in [0.1, 0.15) is 45.4 Å². The van der Waals surface area contributed by atoms with Crippen LogP contribution in [-0.2, 0) is 27.5 Å². The number of rotatable bonds is 7. The molecule has 0 atom stereocenters. The number of ether oxygens (including phenoxy) is 2. The smallest absolute Gasteiger partial charge is 0.375 e. The van der Waals surface area contributed by atoms with Crippen molar-refractivity contribution in [2.75, 3.05) is 12.0 Å². The van der Waals surface area contributed by atoms with Crippen LogP contribution in [0.15, 0.2) is 46.2 Å². The highest BCUT2D eigenvalue weighted by Crippen LogP contribution is 2.35. The van der Waals surface area contributed by atoms with Gasteiger partial charge in [-0.2, -0.15) is 0 Å². The minimum absolute atomic E-state index is 0.0452. The molecule has 0 unspecified atom stereocenters. The van der Waals surface area contributed by atoms with Gasteiger partial charge in [-0.1, -0.05) is 35.9 Å². The van der Waals surface area contributed by atoms with Crippen LogP contribution in [0, 0.1) is 20.8 Å². The summed E-state index contributed by atoms with van der Waals surface area (Å²) in [7, 11) is 1.56. The number of methoxy groups -OCH3 is 1. The van der Waals surface area contributed by atoms with Crippen molar-refractivity contribution in [1.82, 2.24) is 4.98 Å². The maximum atomic E-state index is 12.8. The van der Waals surface area contributed by atoms with Crippen LogP contribution in [0.25, 0.3) is 11.0 Å². The summed E-state index contributed by atoms with van der Waals surface area (Å²) in [5.74, 6) is -0.611. The number of esters is 1. The molecule has 1 amide bonds. The molecule has 4 rings (SSSR count). The summed E-state index contributed by atoms with van der Waals surface area (Å²) in [5, 5.41) is 3.12. The molecule has 0 aliphatic heterocycles. The number of thiazole rings is 1. The summed E-state index contributed by atoms with van der Waals surface area (Å²) in [6.45, 7) is 7.68. The van der Waals surface area contributed by atoms with Gasteiger partial charge in [0, 0.05) is 30.4 Å². The third-order valence-corrected chi connectivity index (χ3v) is 6.30. The summed E-state index contributed by atoms with van der Waals surface area (Å²) in [5.41, 5.74) is 5.73. The van der Waals surface area contributed by atoms with Gasteiger partial charge in [0.1, 0.15) is 12.2 Å². The fourth-order valence-electron chi connectivity index (χ4n) is 4.13. The number of fused-ring (bicyclic) bond motifs is 1. The number of nitrogens with zero attached hydrogens (tertiary/aromatic N) is 2. The number of para-hydroxylation sites is 1. The highest BCUT2D eigenvalue weighted by Gasteiger charge is 2.24. The van der Waals surface area contributed by atoms with E-state index in [1.807, 2.05) is 51.1 Å². The first-order chi connectivity index (χ1) is 16.3. The lowest BCUT2D eigenvalue weighted by Gasteiger charge is -2.23. The molecule has 0 radical (unpaired) electrons. The highest BCUT2D eigenvalue weighted by molar-refractivity contribution is 7.14. The van der Waals surface area contributed by atoms with E-state index in [-0.39, 0.29) is 24.9 Å². The van der Waals surface area contributed by atoms with E-state index in [1.165, 1.54) is 18.3 Å². The van der Waals surface area contributed by atoms with Crippen molar-refractivity contribution >= 4 is 45.0 Å². The molecule has 0 N–H and O–H groups in total. The average molecular weight is 479 g/mol. The second-order valence-corrected chi connectivity index (χ2v) is 8.97. The number of hydrogen-bond acceptors (Lipinski definition) is 7. The Morgan fingerprint density at radius 3 is 2.47 bits per heavy atom. The van der Waals surface area contributed by atoms with Gasteiger partial charge < -0.3 is 13.9 Å². The lowest BCUT2D eigenvalue weighted by atomic mass is 10.0. The van der Waals surface area contributed by atoms with E-state index in [2.05, 4.69) is 4.98 Å². The second-order valence-electron chi connectivity index (χ2n) is 8.14. The van der Waals surface area contributed by atoms with Crippen molar-refractivity contribution in [2.24, 2.45) is 0 Å². The van der Waals surface area contributed by atoms with E-state index in [4.69, 9.17) is 13.9 Å². The van der Waals surface area contributed by atoms with Crippen molar-refractivity contribution < 1.29 is 23.5 Å².